The van der Waals surface area contributed by atoms with Crippen LogP contribution in [0.4, 0.5) is 5.13 Å². The molecule has 0 N–H and O–H groups in total. The largest absolute Gasteiger partial charge is 0.454 e. The molecule has 0 aliphatic rings. The van der Waals surface area contributed by atoms with Crippen LogP contribution in [0, 0.1) is 6.57 Å². The molecule has 0 radical (unpaired) electrons. The molecule has 0 aromatic carbocycles. The minimum Gasteiger partial charge on any atom is -0.454 e. The zero-order valence-corrected chi connectivity index (χ0v) is 9.01. The van der Waals surface area contributed by atoms with Crippen LogP contribution in [-0.2, 0) is 4.74 Å². The third-order valence-corrected chi connectivity index (χ3v) is 1.93. The minimum absolute atomic E-state index is 0.205. The SMILES string of the molecule is [C-]#[N+]c1nc(C(=O)OC(C)(C)C)cs1. The molecule has 1 rings (SSSR count). The van der Waals surface area contributed by atoms with Crippen LogP contribution in [-0.4, -0.2) is 16.6 Å². The van der Waals surface area contributed by atoms with E-state index in [1.54, 1.807) is 20.8 Å². The Morgan fingerprint density at radius 2 is 2.29 bits per heavy atom. The third-order valence-electron chi connectivity index (χ3n) is 1.20. The quantitative estimate of drug-likeness (QED) is 0.528. The van der Waals surface area contributed by atoms with Gasteiger partial charge in [0, 0.05) is 5.38 Å². The van der Waals surface area contributed by atoms with Crippen LogP contribution in [0.2, 0.25) is 0 Å². The predicted octanol–water partition coefficient (Wildman–Crippen LogP) is 2.65. The van der Waals surface area contributed by atoms with E-state index in [4.69, 9.17) is 11.3 Å². The highest BCUT2D eigenvalue weighted by Crippen LogP contribution is 2.20. The summed E-state index contributed by atoms with van der Waals surface area (Å²) in [5.41, 5.74) is -0.324. The molecule has 0 fully saturated rings. The molecule has 0 bridgehead atoms. The molecular weight excluding hydrogens is 200 g/mol. The molecule has 1 aromatic heterocycles. The maximum absolute atomic E-state index is 11.4. The van der Waals surface area contributed by atoms with Crippen molar-refractivity contribution in [1.82, 2.24) is 4.98 Å². The second-order valence-corrected chi connectivity index (χ2v) is 4.47. The van der Waals surface area contributed by atoms with Crippen LogP contribution in [0.1, 0.15) is 31.3 Å². The Labute approximate surface area is 86.4 Å². The molecule has 0 amide bonds. The Morgan fingerprint density at radius 3 is 2.71 bits per heavy atom. The maximum Gasteiger partial charge on any atom is 0.382 e. The molecule has 0 aliphatic carbocycles. The van der Waals surface area contributed by atoms with Gasteiger partial charge in [-0.25, -0.2) is 4.79 Å². The van der Waals surface area contributed by atoms with Gasteiger partial charge in [-0.05, 0) is 20.8 Å². The van der Waals surface area contributed by atoms with Crippen LogP contribution in [0.3, 0.4) is 0 Å². The van der Waals surface area contributed by atoms with E-state index in [0.29, 0.717) is 0 Å². The van der Waals surface area contributed by atoms with E-state index < -0.39 is 11.6 Å². The average molecular weight is 210 g/mol. The van der Waals surface area contributed by atoms with Crippen molar-refractivity contribution in [2.75, 3.05) is 0 Å². The second kappa shape index (κ2) is 3.76. The van der Waals surface area contributed by atoms with Crippen molar-refractivity contribution in [3.8, 4) is 0 Å². The zero-order chi connectivity index (χ0) is 10.8. The van der Waals surface area contributed by atoms with E-state index in [-0.39, 0.29) is 10.8 Å². The maximum atomic E-state index is 11.4. The summed E-state index contributed by atoms with van der Waals surface area (Å²) in [5.74, 6) is -0.483. The number of carbonyl (C=O) groups is 1. The lowest BCUT2D eigenvalue weighted by atomic mass is 10.2. The zero-order valence-electron chi connectivity index (χ0n) is 8.20. The standard InChI is InChI=1S/C9H10N2O2S/c1-9(2,3)13-7(12)6-5-14-8(10-4)11-6/h5H,1-3H3. The fraction of sp³-hybridized carbons (Fsp3) is 0.444. The van der Waals surface area contributed by atoms with Crippen molar-refractivity contribution in [2.24, 2.45) is 0 Å². The van der Waals surface area contributed by atoms with Gasteiger partial charge >= 0.3 is 11.1 Å². The topological polar surface area (TPSA) is 43.5 Å². The van der Waals surface area contributed by atoms with Gasteiger partial charge in [0.2, 0.25) is 5.69 Å². The molecule has 1 aromatic rings. The van der Waals surface area contributed by atoms with Gasteiger partial charge in [-0.2, -0.15) is 0 Å². The molecule has 4 nitrogen and oxygen atoms in total. The number of ether oxygens (including phenoxy) is 1. The normalized spacial score (nSPS) is 10.7. The van der Waals surface area contributed by atoms with Gasteiger partial charge in [-0.15, -0.1) is 16.3 Å². The van der Waals surface area contributed by atoms with Gasteiger partial charge in [0.15, 0.2) is 0 Å². The van der Waals surface area contributed by atoms with E-state index >= 15 is 0 Å². The molecule has 74 valence electrons. The molecule has 14 heavy (non-hydrogen) atoms. The molecule has 1 heterocycles. The first-order chi connectivity index (χ1) is 6.42. The average Bonchev–Trinajstić information content (AvgIpc) is 2.48. The lowest BCUT2D eigenvalue weighted by molar-refractivity contribution is 0.00639. The summed E-state index contributed by atoms with van der Waals surface area (Å²) in [5, 5.41) is 1.78. The second-order valence-electron chi connectivity index (χ2n) is 3.63. The first-order valence-corrected chi connectivity index (χ1v) is 4.86. The van der Waals surface area contributed by atoms with Crippen molar-refractivity contribution < 1.29 is 9.53 Å². The van der Waals surface area contributed by atoms with Gasteiger partial charge in [-0.3, -0.25) is 0 Å². The van der Waals surface area contributed by atoms with Gasteiger partial charge in [-0.1, -0.05) is 6.57 Å². The van der Waals surface area contributed by atoms with E-state index in [2.05, 4.69) is 9.83 Å². The monoisotopic (exact) mass is 210 g/mol. The van der Waals surface area contributed by atoms with Crippen LogP contribution in [0.15, 0.2) is 5.38 Å². The predicted molar refractivity (Wildman–Crippen MR) is 53.5 cm³/mol. The fourth-order valence-electron chi connectivity index (χ4n) is 0.740. The molecule has 5 heteroatoms. The number of rotatable bonds is 1. The van der Waals surface area contributed by atoms with E-state index in [9.17, 15) is 4.79 Å². The van der Waals surface area contributed by atoms with E-state index in [0.717, 1.165) is 11.3 Å². The highest BCUT2D eigenvalue weighted by Gasteiger charge is 2.22. The summed E-state index contributed by atoms with van der Waals surface area (Å²) in [6, 6.07) is 0. The Kier molecular flexibility index (Phi) is 2.87. The summed E-state index contributed by atoms with van der Waals surface area (Å²) in [6.45, 7) is 12.1. The van der Waals surface area contributed by atoms with E-state index in [1.807, 2.05) is 0 Å². The van der Waals surface area contributed by atoms with Crippen molar-refractivity contribution >= 4 is 22.4 Å². The van der Waals surface area contributed by atoms with E-state index in [1.165, 1.54) is 5.38 Å². The fourth-order valence-corrected chi connectivity index (χ4v) is 1.31. The number of aromatic nitrogens is 1. The van der Waals surface area contributed by atoms with Gasteiger partial charge in [0.05, 0.1) is 0 Å². The van der Waals surface area contributed by atoms with Crippen LogP contribution < -0.4 is 0 Å². The molecule has 0 spiro atoms. The molecular formula is C9H10N2O2S. The highest BCUT2D eigenvalue weighted by molar-refractivity contribution is 7.14. The van der Waals surface area contributed by atoms with Crippen molar-refractivity contribution in [3.63, 3.8) is 0 Å². The number of carbonyl (C=O) groups excluding carboxylic acids is 1. The first-order valence-electron chi connectivity index (χ1n) is 3.99. The molecule has 0 aliphatic heterocycles. The van der Waals surface area contributed by atoms with Crippen molar-refractivity contribution in [2.45, 2.75) is 26.4 Å². The smallest absolute Gasteiger partial charge is 0.382 e. The third kappa shape index (κ3) is 2.82. The van der Waals surface area contributed by atoms with Crippen LogP contribution in [0.25, 0.3) is 4.85 Å². The van der Waals surface area contributed by atoms with Gasteiger partial charge in [0.1, 0.15) is 5.60 Å². The number of nitrogens with zero attached hydrogens (tertiary/aromatic N) is 2. The Hall–Kier alpha value is -1.41. The number of thiazole rings is 1. The molecule has 0 atom stereocenters. The lowest BCUT2D eigenvalue weighted by Gasteiger charge is -2.17. The lowest BCUT2D eigenvalue weighted by Crippen LogP contribution is -2.24. The number of hydrogen-bond donors (Lipinski definition) is 0. The molecule has 0 unspecified atom stereocenters. The van der Waals surface area contributed by atoms with Gasteiger partial charge < -0.3 is 9.58 Å². The number of hydrogen-bond acceptors (Lipinski definition) is 4. The Bertz CT molecular complexity index is 384. The first kappa shape index (κ1) is 10.7. The van der Waals surface area contributed by atoms with Crippen LogP contribution >= 0.6 is 11.3 Å². The molecule has 0 saturated carbocycles. The number of esters is 1. The Balaban J connectivity index is 2.76. The van der Waals surface area contributed by atoms with Gasteiger partial charge in [0.25, 0.3) is 0 Å². The summed E-state index contributed by atoms with van der Waals surface area (Å²) in [4.78, 5) is 18.3. The van der Waals surface area contributed by atoms with Crippen molar-refractivity contribution in [1.29, 1.82) is 0 Å². The summed E-state index contributed by atoms with van der Waals surface area (Å²) in [6.07, 6.45) is 0. The molecule has 0 saturated heterocycles. The highest BCUT2D eigenvalue weighted by atomic mass is 32.1. The van der Waals surface area contributed by atoms with Crippen molar-refractivity contribution in [3.05, 3.63) is 22.5 Å². The summed E-state index contributed by atoms with van der Waals surface area (Å²) < 4.78 is 5.08. The van der Waals surface area contributed by atoms with Crippen LogP contribution in [0.5, 0.6) is 0 Å². The summed E-state index contributed by atoms with van der Waals surface area (Å²) >= 11 is 1.14. The minimum atomic E-state index is -0.529. The summed E-state index contributed by atoms with van der Waals surface area (Å²) in [7, 11) is 0. The Morgan fingerprint density at radius 1 is 1.64 bits per heavy atom.